The van der Waals surface area contributed by atoms with E-state index >= 15 is 0 Å². The lowest BCUT2D eigenvalue weighted by Gasteiger charge is -2.39. The summed E-state index contributed by atoms with van der Waals surface area (Å²) in [7, 11) is 1.39. The number of halogens is 3. The van der Waals surface area contributed by atoms with Gasteiger partial charge in [0.2, 0.25) is 0 Å². The molecule has 2 aromatic rings. The van der Waals surface area contributed by atoms with Crippen LogP contribution in [0.15, 0.2) is 48.2 Å². The van der Waals surface area contributed by atoms with Crippen molar-refractivity contribution in [1.82, 2.24) is 10.4 Å². The predicted octanol–water partition coefficient (Wildman–Crippen LogP) is 4.35. The Labute approximate surface area is 165 Å². The van der Waals surface area contributed by atoms with Crippen LogP contribution in [0, 0.1) is 0 Å². The lowest BCUT2D eigenvalue weighted by molar-refractivity contribution is -0.137. The fourth-order valence-corrected chi connectivity index (χ4v) is 3.71. The van der Waals surface area contributed by atoms with Crippen LogP contribution in [-0.2, 0) is 17.6 Å². The maximum absolute atomic E-state index is 13.4. The van der Waals surface area contributed by atoms with Gasteiger partial charge in [-0.05, 0) is 43.7 Å². The molecule has 2 aliphatic heterocycles. The molecule has 2 aliphatic rings. The quantitative estimate of drug-likeness (QED) is 0.773. The molecule has 1 amide bonds. The third-order valence-corrected chi connectivity index (χ3v) is 5.06. The highest BCUT2D eigenvalue weighted by Crippen LogP contribution is 2.45. The Bertz CT molecular complexity index is 1030. The summed E-state index contributed by atoms with van der Waals surface area (Å²) in [5.74, 6) is -0.0181. The monoisotopic (exact) mass is 404 g/mol. The summed E-state index contributed by atoms with van der Waals surface area (Å²) in [6.07, 6.45) is -4.53. The van der Waals surface area contributed by atoms with Crippen molar-refractivity contribution in [2.45, 2.75) is 32.2 Å². The van der Waals surface area contributed by atoms with Crippen molar-refractivity contribution in [2.24, 2.45) is 0 Å². The second kappa shape index (κ2) is 6.52. The van der Waals surface area contributed by atoms with Gasteiger partial charge in [-0.1, -0.05) is 18.2 Å². The second-order valence-electron chi connectivity index (χ2n) is 7.40. The average molecular weight is 404 g/mol. The number of amides is 1. The highest BCUT2D eigenvalue weighted by molar-refractivity contribution is 6.04. The van der Waals surface area contributed by atoms with E-state index < -0.39 is 17.3 Å². The normalized spacial score (nSPS) is 17.7. The highest BCUT2D eigenvalue weighted by Gasteiger charge is 2.43. The van der Waals surface area contributed by atoms with Crippen LogP contribution in [0.5, 0.6) is 5.75 Å². The molecule has 152 valence electrons. The van der Waals surface area contributed by atoms with Gasteiger partial charge in [-0.2, -0.15) is 13.2 Å². The lowest BCUT2D eigenvalue weighted by atomic mass is 9.93. The van der Waals surface area contributed by atoms with Gasteiger partial charge in [-0.3, -0.25) is 15.1 Å². The van der Waals surface area contributed by atoms with Gasteiger partial charge >= 0.3 is 6.18 Å². The predicted molar refractivity (Wildman–Crippen MR) is 99.5 cm³/mol. The molecule has 2 aromatic carbocycles. The molecule has 0 aliphatic carbocycles. The Balaban J connectivity index is 1.94. The number of nitrogens with zero attached hydrogens (tertiary/aromatic N) is 1. The van der Waals surface area contributed by atoms with E-state index in [1.807, 2.05) is 12.1 Å². The number of fused-ring (bicyclic) bond motifs is 2. The summed E-state index contributed by atoms with van der Waals surface area (Å²) in [4.78, 5) is 19.7. The van der Waals surface area contributed by atoms with Gasteiger partial charge in [0, 0.05) is 11.1 Å². The Kier molecular flexibility index (Phi) is 4.34. The van der Waals surface area contributed by atoms with Crippen molar-refractivity contribution >= 4 is 11.6 Å². The van der Waals surface area contributed by atoms with Crippen molar-refractivity contribution < 1.29 is 27.5 Å². The van der Waals surface area contributed by atoms with E-state index in [1.165, 1.54) is 18.1 Å². The number of hydroxylamine groups is 1. The molecule has 0 spiro atoms. The maximum atomic E-state index is 13.4. The lowest BCUT2D eigenvalue weighted by Crippen LogP contribution is -2.44. The van der Waals surface area contributed by atoms with Crippen LogP contribution in [0.4, 0.5) is 13.2 Å². The Morgan fingerprint density at radius 1 is 1.14 bits per heavy atom. The van der Waals surface area contributed by atoms with Crippen LogP contribution in [0.3, 0.4) is 0 Å². The average Bonchev–Trinajstić information content (AvgIpc) is 2.98. The topological polar surface area (TPSA) is 50.8 Å². The zero-order chi connectivity index (χ0) is 21.0. The molecule has 0 atom stereocenters. The van der Waals surface area contributed by atoms with Crippen LogP contribution < -0.4 is 10.2 Å². The summed E-state index contributed by atoms with van der Waals surface area (Å²) in [6, 6.07) is 10.4. The molecule has 0 radical (unpaired) electrons. The van der Waals surface area contributed by atoms with Gasteiger partial charge in [0.25, 0.3) is 5.91 Å². The molecule has 0 fully saturated rings. The number of benzene rings is 2. The number of hydrogen-bond donors (Lipinski definition) is 1. The molecule has 5 nitrogen and oxygen atoms in total. The largest absolute Gasteiger partial charge is 0.481 e. The van der Waals surface area contributed by atoms with E-state index in [0.29, 0.717) is 17.0 Å². The number of rotatable bonds is 3. The Morgan fingerprint density at radius 3 is 2.52 bits per heavy atom. The fraction of sp³-hybridized carbons (Fsp3) is 0.286. The molecular weight excluding hydrogens is 385 g/mol. The van der Waals surface area contributed by atoms with Crippen LogP contribution in [-0.4, -0.2) is 23.5 Å². The fourth-order valence-electron chi connectivity index (χ4n) is 3.71. The summed E-state index contributed by atoms with van der Waals surface area (Å²) in [6.45, 7) is 3.75. The van der Waals surface area contributed by atoms with Gasteiger partial charge in [0.15, 0.2) is 0 Å². The molecule has 0 bridgehead atoms. The molecule has 0 saturated carbocycles. The zero-order valence-corrected chi connectivity index (χ0v) is 16.1. The zero-order valence-electron chi connectivity index (χ0n) is 16.1. The molecule has 1 N–H and O–H groups in total. The minimum atomic E-state index is -4.53. The standard InChI is InChI=1S/C21H19F3N2O3/c1-20(2)18(25-28-3)17(26-11-12-6-4-5-7-14(12)19(26)27)15-10-13(21(22,23)24)8-9-16(15)29-20/h4-10,25H,11H2,1-3H3. The van der Waals surface area contributed by atoms with Gasteiger partial charge in [-0.25, -0.2) is 0 Å². The second-order valence-corrected chi connectivity index (χ2v) is 7.40. The first-order chi connectivity index (χ1) is 13.6. The molecule has 0 saturated heterocycles. The van der Waals surface area contributed by atoms with E-state index in [2.05, 4.69) is 5.48 Å². The first-order valence-electron chi connectivity index (χ1n) is 8.97. The number of nitrogens with one attached hydrogen (secondary N) is 1. The Morgan fingerprint density at radius 2 is 1.86 bits per heavy atom. The summed E-state index contributed by atoms with van der Waals surface area (Å²) >= 11 is 0. The van der Waals surface area contributed by atoms with Crippen molar-refractivity contribution in [2.75, 3.05) is 7.11 Å². The van der Waals surface area contributed by atoms with Crippen LogP contribution in [0.25, 0.3) is 5.70 Å². The van der Waals surface area contributed by atoms with Gasteiger partial charge < -0.3 is 9.64 Å². The number of ether oxygens (including phenoxy) is 1. The SMILES string of the molecule is CONC1=C(N2Cc3ccccc3C2=O)c2cc(C(F)(F)F)ccc2OC1(C)C. The molecular formula is C21H19F3N2O3. The van der Waals surface area contributed by atoms with Crippen molar-refractivity contribution in [1.29, 1.82) is 0 Å². The smallest absolute Gasteiger partial charge is 0.416 e. The summed E-state index contributed by atoms with van der Waals surface area (Å²) in [5.41, 5.74) is 3.13. The van der Waals surface area contributed by atoms with Crippen molar-refractivity contribution in [3.8, 4) is 5.75 Å². The number of carbonyl (C=O) groups is 1. The van der Waals surface area contributed by atoms with E-state index in [-0.39, 0.29) is 23.8 Å². The molecule has 0 aromatic heterocycles. The van der Waals surface area contributed by atoms with Crippen molar-refractivity contribution in [3.63, 3.8) is 0 Å². The van der Waals surface area contributed by atoms with Gasteiger partial charge in [-0.15, -0.1) is 0 Å². The third kappa shape index (κ3) is 3.13. The van der Waals surface area contributed by atoms with Crippen LogP contribution >= 0.6 is 0 Å². The van der Waals surface area contributed by atoms with Crippen LogP contribution in [0.1, 0.15) is 40.9 Å². The third-order valence-electron chi connectivity index (χ3n) is 5.06. The Hall–Kier alpha value is -3.00. The van der Waals surface area contributed by atoms with Gasteiger partial charge in [0.1, 0.15) is 17.0 Å². The van der Waals surface area contributed by atoms with Gasteiger partial charge in [0.05, 0.1) is 24.9 Å². The van der Waals surface area contributed by atoms with E-state index in [1.54, 1.807) is 26.0 Å². The molecule has 4 rings (SSSR count). The number of carbonyl (C=O) groups excluding carboxylic acids is 1. The first kappa shape index (κ1) is 19.3. The molecule has 2 heterocycles. The molecule has 29 heavy (non-hydrogen) atoms. The summed E-state index contributed by atoms with van der Waals surface area (Å²) in [5, 5.41) is 0. The maximum Gasteiger partial charge on any atom is 0.416 e. The van der Waals surface area contributed by atoms with Crippen LogP contribution in [0.2, 0.25) is 0 Å². The first-order valence-corrected chi connectivity index (χ1v) is 8.97. The minimum absolute atomic E-state index is 0.180. The highest BCUT2D eigenvalue weighted by atomic mass is 19.4. The van der Waals surface area contributed by atoms with E-state index in [0.717, 1.165) is 17.7 Å². The number of alkyl halides is 3. The summed E-state index contributed by atoms with van der Waals surface area (Å²) < 4.78 is 46.1. The van der Waals surface area contributed by atoms with E-state index in [4.69, 9.17) is 9.57 Å². The van der Waals surface area contributed by atoms with E-state index in [9.17, 15) is 18.0 Å². The minimum Gasteiger partial charge on any atom is -0.481 e. The number of hydrogen-bond acceptors (Lipinski definition) is 4. The van der Waals surface area contributed by atoms with Crippen molar-refractivity contribution in [3.05, 3.63) is 70.4 Å². The molecule has 8 heteroatoms. The molecule has 0 unspecified atom stereocenters.